The van der Waals surface area contributed by atoms with E-state index in [1.54, 1.807) is 0 Å². The average Bonchev–Trinajstić information content (AvgIpc) is 3.14. The standard InChI is InChI=1S/C44H28N2/c1-2-11-30(12-3-1)41-26-22-31-20-21-32-23-27-42(46-44(32)43(31)45-41)34-15-8-14-33(28-34)36-24-25-40(39-18-7-6-17-37(36)39)38-19-9-13-29-10-4-5-16-35(29)38/h1-28H. The van der Waals surface area contributed by atoms with Gasteiger partial charge in [0, 0.05) is 21.9 Å². The van der Waals surface area contributed by atoms with Crippen LogP contribution in [0.3, 0.4) is 0 Å². The minimum atomic E-state index is 0.920. The predicted molar refractivity (Wildman–Crippen MR) is 194 cm³/mol. The van der Waals surface area contributed by atoms with E-state index in [2.05, 4.69) is 152 Å². The Morgan fingerprint density at radius 3 is 1.54 bits per heavy atom. The van der Waals surface area contributed by atoms with Crippen molar-refractivity contribution in [3.05, 3.63) is 170 Å². The highest BCUT2D eigenvalue weighted by Crippen LogP contribution is 2.39. The van der Waals surface area contributed by atoms with Crippen LogP contribution in [0.4, 0.5) is 0 Å². The van der Waals surface area contributed by atoms with E-state index in [0.717, 1.165) is 44.3 Å². The lowest BCUT2D eigenvalue weighted by atomic mass is 9.89. The summed E-state index contributed by atoms with van der Waals surface area (Å²) >= 11 is 0. The molecule has 2 aromatic heterocycles. The zero-order valence-corrected chi connectivity index (χ0v) is 25.1. The number of rotatable bonds is 4. The number of aromatic nitrogens is 2. The van der Waals surface area contributed by atoms with E-state index in [0.29, 0.717) is 0 Å². The summed E-state index contributed by atoms with van der Waals surface area (Å²) in [4.78, 5) is 10.3. The summed E-state index contributed by atoms with van der Waals surface area (Å²) in [5.74, 6) is 0. The molecule has 0 unspecified atom stereocenters. The van der Waals surface area contributed by atoms with Gasteiger partial charge in [-0.1, -0.05) is 152 Å². The Morgan fingerprint density at radius 1 is 0.283 bits per heavy atom. The number of fused-ring (bicyclic) bond motifs is 5. The second-order valence-corrected chi connectivity index (χ2v) is 11.8. The fourth-order valence-corrected chi connectivity index (χ4v) is 6.79. The van der Waals surface area contributed by atoms with Gasteiger partial charge in [-0.25, -0.2) is 9.97 Å². The second kappa shape index (κ2) is 10.8. The molecule has 0 atom stereocenters. The van der Waals surface area contributed by atoms with Crippen molar-refractivity contribution in [2.24, 2.45) is 0 Å². The molecule has 0 amide bonds. The lowest BCUT2D eigenvalue weighted by molar-refractivity contribution is 1.36. The van der Waals surface area contributed by atoms with Crippen molar-refractivity contribution in [1.29, 1.82) is 0 Å². The number of hydrogen-bond acceptors (Lipinski definition) is 2. The number of hydrogen-bond donors (Lipinski definition) is 0. The van der Waals surface area contributed by atoms with Crippen molar-refractivity contribution in [2.75, 3.05) is 0 Å². The molecule has 0 saturated carbocycles. The largest absolute Gasteiger partial charge is 0.245 e. The van der Waals surface area contributed by atoms with Crippen LogP contribution in [0.15, 0.2) is 170 Å². The molecule has 214 valence electrons. The molecule has 2 nitrogen and oxygen atoms in total. The Kier molecular flexibility index (Phi) is 6.17. The SMILES string of the molecule is c1ccc(-c2ccc3ccc4ccc(-c5cccc(-c6ccc(-c7cccc8ccccc78)c7ccccc67)c5)nc4c3n2)cc1. The first kappa shape index (κ1) is 26.3. The number of nitrogens with zero attached hydrogens (tertiary/aromatic N) is 2. The summed E-state index contributed by atoms with van der Waals surface area (Å²) in [6, 6.07) is 60.4. The molecular weight excluding hydrogens is 556 g/mol. The van der Waals surface area contributed by atoms with Crippen molar-refractivity contribution in [3.63, 3.8) is 0 Å². The summed E-state index contributed by atoms with van der Waals surface area (Å²) in [6.07, 6.45) is 0. The van der Waals surface area contributed by atoms with Gasteiger partial charge in [0.1, 0.15) is 0 Å². The Labute approximate surface area is 267 Å². The predicted octanol–water partition coefficient (Wildman–Crippen LogP) is 11.8. The van der Waals surface area contributed by atoms with Crippen LogP contribution in [0.25, 0.3) is 88.1 Å². The van der Waals surface area contributed by atoms with Crippen molar-refractivity contribution in [3.8, 4) is 44.8 Å². The van der Waals surface area contributed by atoms with Crippen LogP contribution in [0.2, 0.25) is 0 Å². The molecule has 9 rings (SSSR count). The van der Waals surface area contributed by atoms with Crippen LogP contribution < -0.4 is 0 Å². The first-order valence-electron chi connectivity index (χ1n) is 15.7. The van der Waals surface area contributed by atoms with Gasteiger partial charge in [0.05, 0.1) is 22.4 Å². The lowest BCUT2D eigenvalue weighted by Crippen LogP contribution is -1.91. The van der Waals surface area contributed by atoms with Gasteiger partial charge in [0.2, 0.25) is 0 Å². The molecule has 0 bridgehead atoms. The van der Waals surface area contributed by atoms with Gasteiger partial charge in [-0.15, -0.1) is 0 Å². The van der Waals surface area contributed by atoms with E-state index in [-0.39, 0.29) is 0 Å². The Morgan fingerprint density at radius 2 is 0.783 bits per heavy atom. The molecule has 7 aromatic carbocycles. The van der Waals surface area contributed by atoms with E-state index in [1.165, 1.54) is 43.8 Å². The van der Waals surface area contributed by atoms with Gasteiger partial charge in [-0.3, -0.25) is 0 Å². The summed E-state index contributed by atoms with van der Waals surface area (Å²) in [5, 5.41) is 7.18. The molecule has 2 heteroatoms. The maximum atomic E-state index is 5.23. The lowest BCUT2D eigenvalue weighted by Gasteiger charge is -2.14. The van der Waals surface area contributed by atoms with Gasteiger partial charge < -0.3 is 0 Å². The summed E-state index contributed by atoms with van der Waals surface area (Å²) in [7, 11) is 0. The second-order valence-electron chi connectivity index (χ2n) is 11.8. The molecule has 0 radical (unpaired) electrons. The quantitative estimate of drug-likeness (QED) is 0.192. The third-order valence-electron chi connectivity index (χ3n) is 9.06. The Hall–Kier alpha value is -6.12. The normalized spacial score (nSPS) is 11.5. The van der Waals surface area contributed by atoms with Crippen molar-refractivity contribution < 1.29 is 0 Å². The van der Waals surface area contributed by atoms with Crippen LogP contribution >= 0.6 is 0 Å². The fraction of sp³-hybridized carbons (Fsp3) is 0. The summed E-state index contributed by atoms with van der Waals surface area (Å²) in [5.41, 5.74) is 10.8. The molecule has 0 aliphatic carbocycles. The topological polar surface area (TPSA) is 25.8 Å². The molecule has 0 aliphatic heterocycles. The summed E-state index contributed by atoms with van der Waals surface area (Å²) in [6.45, 7) is 0. The smallest absolute Gasteiger partial charge is 0.0972 e. The van der Waals surface area contributed by atoms with E-state index in [9.17, 15) is 0 Å². The van der Waals surface area contributed by atoms with Crippen LogP contribution in [0, 0.1) is 0 Å². The maximum Gasteiger partial charge on any atom is 0.0972 e. The monoisotopic (exact) mass is 584 g/mol. The first-order valence-corrected chi connectivity index (χ1v) is 15.7. The van der Waals surface area contributed by atoms with E-state index in [1.807, 2.05) is 18.2 Å². The van der Waals surface area contributed by atoms with E-state index < -0.39 is 0 Å². The van der Waals surface area contributed by atoms with Crippen LogP contribution in [0.5, 0.6) is 0 Å². The molecule has 0 aliphatic rings. The molecule has 2 heterocycles. The number of benzene rings is 7. The minimum absolute atomic E-state index is 0.920. The molecule has 46 heavy (non-hydrogen) atoms. The molecule has 0 saturated heterocycles. The average molecular weight is 585 g/mol. The molecule has 9 aromatic rings. The van der Waals surface area contributed by atoms with Crippen molar-refractivity contribution in [2.45, 2.75) is 0 Å². The molecular formula is C44H28N2. The van der Waals surface area contributed by atoms with Gasteiger partial charge in [0.25, 0.3) is 0 Å². The van der Waals surface area contributed by atoms with Crippen molar-refractivity contribution in [1.82, 2.24) is 9.97 Å². The summed E-state index contributed by atoms with van der Waals surface area (Å²) < 4.78 is 0. The van der Waals surface area contributed by atoms with Gasteiger partial charge >= 0.3 is 0 Å². The van der Waals surface area contributed by atoms with Gasteiger partial charge in [0.15, 0.2) is 0 Å². The first-order chi connectivity index (χ1) is 22.8. The van der Waals surface area contributed by atoms with E-state index in [4.69, 9.17) is 9.97 Å². The molecule has 0 fully saturated rings. The third-order valence-corrected chi connectivity index (χ3v) is 9.06. The molecule has 0 N–H and O–H groups in total. The maximum absolute atomic E-state index is 5.23. The minimum Gasteiger partial charge on any atom is -0.245 e. The molecule has 0 spiro atoms. The van der Waals surface area contributed by atoms with Crippen molar-refractivity contribution >= 4 is 43.4 Å². The zero-order valence-electron chi connectivity index (χ0n) is 25.1. The van der Waals surface area contributed by atoms with Crippen LogP contribution in [0.1, 0.15) is 0 Å². The highest BCUT2D eigenvalue weighted by molar-refractivity contribution is 6.10. The third kappa shape index (κ3) is 4.43. The Balaban J connectivity index is 1.17. The van der Waals surface area contributed by atoms with E-state index >= 15 is 0 Å². The highest BCUT2D eigenvalue weighted by atomic mass is 14.8. The zero-order chi connectivity index (χ0) is 30.5. The highest BCUT2D eigenvalue weighted by Gasteiger charge is 2.13. The van der Waals surface area contributed by atoms with Crippen LogP contribution in [-0.2, 0) is 0 Å². The van der Waals surface area contributed by atoms with Gasteiger partial charge in [-0.05, 0) is 62.0 Å². The van der Waals surface area contributed by atoms with Crippen LogP contribution in [-0.4, -0.2) is 9.97 Å². The Bertz CT molecular complexity index is 2580. The fourth-order valence-electron chi connectivity index (χ4n) is 6.79. The van der Waals surface area contributed by atoms with Gasteiger partial charge in [-0.2, -0.15) is 0 Å². The number of pyridine rings is 2.